The minimum absolute atomic E-state index is 0.00139. The van der Waals surface area contributed by atoms with Crippen LogP contribution < -0.4 is 5.56 Å². The molecule has 26 heavy (non-hydrogen) atoms. The van der Waals surface area contributed by atoms with Crippen molar-refractivity contribution in [3.8, 4) is 11.3 Å². The molecule has 2 heterocycles. The van der Waals surface area contributed by atoms with Crippen molar-refractivity contribution in [3.63, 3.8) is 0 Å². The predicted octanol–water partition coefficient (Wildman–Crippen LogP) is 2.25. The highest BCUT2D eigenvalue weighted by Crippen LogP contribution is 2.21. The number of aromatic nitrogens is 2. The molecule has 1 aromatic carbocycles. The van der Waals surface area contributed by atoms with Gasteiger partial charge in [-0.2, -0.15) is 5.10 Å². The smallest absolute Gasteiger partial charge is 0.373 e. The highest BCUT2D eigenvalue weighted by molar-refractivity contribution is 5.86. The lowest BCUT2D eigenvalue weighted by Crippen LogP contribution is -2.22. The van der Waals surface area contributed by atoms with Crippen molar-refractivity contribution in [2.75, 3.05) is 7.11 Å². The number of methoxy groups -OCH3 is 1. The zero-order chi connectivity index (χ0) is 18.7. The summed E-state index contributed by atoms with van der Waals surface area (Å²) in [6, 6.07) is 11.7. The van der Waals surface area contributed by atoms with Crippen LogP contribution in [0.5, 0.6) is 0 Å². The monoisotopic (exact) mass is 355 g/mol. The van der Waals surface area contributed by atoms with E-state index in [0.29, 0.717) is 17.0 Å². The number of non-ortho nitro benzene ring substituents is 1. The quantitative estimate of drug-likeness (QED) is 0.391. The van der Waals surface area contributed by atoms with Crippen molar-refractivity contribution in [1.82, 2.24) is 9.78 Å². The number of nitrogens with zero attached hydrogens (tertiary/aromatic N) is 3. The van der Waals surface area contributed by atoms with Crippen LogP contribution in [0.1, 0.15) is 16.3 Å². The maximum absolute atomic E-state index is 12.0. The maximum Gasteiger partial charge on any atom is 0.373 e. The molecule has 0 spiro atoms. The molecule has 0 aliphatic heterocycles. The summed E-state index contributed by atoms with van der Waals surface area (Å²) < 4.78 is 11.0. The average molecular weight is 355 g/mol. The van der Waals surface area contributed by atoms with Crippen LogP contribution in [-0.4, -0.2) is 27.8 Å². The third-order valence-corrected chi connectivity index (χ3v) is 3.57. The Balaban J connectivity index is 1.92. The summed E-state index contributed by atoms with van der Waals surface area (Å²) in [7, 11) is 1.24. The summed E-state index contributed by atoms with van der Waals surface area (Å²) in [6.07, 6.45) is 0. The Kier molecular flexibility index (Phi) is 4.61. The maximum atomic E-state index is 12.0. The lowest BCUT2D eigenvalue weighted by Gasteiger charge is -2.06. The van der Waals surface area contributed by atoms with E-state index in [2.05, 4.69) is 9.84 Å². The van der Waals surface area contributed by atoms with Crippen LogP contribution in [-0.2, 0) is 11.3 Å². The lowest BCUT2D eigenvalue weighted by atomic mass is 10.1. The zero-order valence-corrected chi connectivity index (χ0v) is 13.6. The summed E-state index contributed by atoms with van der Waals surface area (Å²) in [5.41, 5.74) is 0.446. The number of rotatable bonds is 5. The number of furan rings is 1. The number of nitro groups is 1. The number of hydrogen-bond donors (Lipinski definition) is 0. The van der Waals surface area contributed by atoms with Crippen LogP contribution in [0.3, 0.4) is 0 Å². The van der Waals surface area contributed by atoms with E-state index >= 15 is 0 Å². The second-order valence-electron chi connectivity index (χ2n) is 5.28. The molecule has 0 aliphatic carbocycles. The predicted molar refractivity (Wildman–Crippen MR) is 89.7 cm³/mol. The van der Waals surface area contributed by atoms with Gasteiger partial charge >= 0.3 is 5.97 Å². The highest BCUT2D eigenvalue weighted by Gasteiger charge is 2.13. The molecule has 0 saturated carbocycles. The van der Waals surface area contributed by atoms with Gasteiger partial charge in [-0.25, -0.2) is 9.48 Å². The number of esters is 1. The molecule has 0 saturated heterocycles. The molecule has 3 aromatic rings. The Morgan fingerprint density at radius 3 is 2.81 bits per heavy atom. The molecule has 0 amide bonds. The third-order valence-electron chi connectivity index (χ3n) is 3.57. The molecule has 0 N–H and O–H groups in total. The summed E-state index contributed by atoms with van der Waals surface area (Å²) in [4.78, 5) is 33.9. The number of hydrogen-bond acceptors (Lipinski definition) is 7. The van der Waals surface area contributed by atoms with Gasteiger partial charge in [0.25, 0.3) is 11.2 Å². The van der Waals surface area contributed by atoms with Crippen LogP contribution in [0, 0.1) is 10.1 Å². The van der Waals surface area contributed by atoms with Gasteiger partial charge in [0, 0.05) is 23.8 Å². The summed E-state index contributed by atoms with van der Waals surface area (Å²) in [5, 5.41) is 15.1. The Bertz CT molecular complexity index is 1040. The first-order chi connectivity index (χ1) is 12.5. The fourth-order valence-electron chi connectivity index (χ4n) is 2.32. The van der Waals surface area contributed by atoms with Crippen LogP contribution in [0.2, 0.25) is 0 Å². The molecule has 9 nitrogen and oxygen atoms in total. The Morgan fingerprint density at radius 2 is 2.08 bits per heavy atom. The molecule has 0 atom stereocenters. The van der Waals surface area contributed by atoms with Gasteiger partial charge < -0.3 is 9.15 Å². The number of benzene rings is 1. The standard InChI is InChI=1S/C17H13N3O6/c1-25-17(22)15-7-5-13(26-15)10-19-16(21)8-6-14(18-19)11-3-2-4-12(9-11)20(23)24/h2-9H,10H2,1H3. The van der Waals surface area contributed by atoms with Crippen LogP contribution >= 0.6 is 0 Å². The minimum Gasteiger partial charge on any atom is -0.463 e. The topological polar surface area (TPSA) is 117 Å². The minimum atomic E-state index is -0.623. The molecule has 9 heteroatoms. The molecule has 0 unspecified atom stereocenters. The first kappa shape index (κ1) is 17.1. The van der Waals surface area contributed by atoms with Crippen LogP contribution in [0.4, 0.5) is 5.69 Å². The summed E-state index contributed by atoms with van der Waals surface area (Å²) >= 11 is 0. The van der Waals surface area contributed by atoms with E-state index in [0.717, 1.165) is 4.68 Å². The number of ether oxygens (including phenoxy) is 1. The second-order valence-corrected chi connectivity index (χ2v) is 5.28. The largest absolute Gasteiger partial charge is 0.463 e. The SMILES string of the molecule is COC(=O)c1ccc(Cn2nc(-c3cccc([N+](=O)[O-])c3)ccc2=O)o1. The lowest BCUT2D eigenvalue weighted by molar-refractivity contribution is -0.384. The van der Waals surface area contributed by atoms with Crippen molar-refractivity contribution in [2.45, 2.75) is 6.54 Å². The van der Waals surface area contributed by atoms with Gasteiger partial charge in [-0.15, -0.1) is 0 Å². The Hall–Kier alpha value is -3.75. The average Bonchev–Trinajstić information content (AvgIpc) is 3.11. The van der Waals surface area contributed by atoms with Gasteiger partial charge in [-0.3, -0.25) is 14.9 Å². The van der Waals surface area contributed by atoms with E-state index in [-0.39, 0.29) is 23.6 Å². The van der Waals surface area contributed by atoms with Gasteiger partial charge in [0.1, 0.15) is 12.3 Å². The number of carbonyl (C=O) groups excluding carboxylic acids is 1. The van der Waals surface area contributed by atoms with Crippen molar-refractivity contribution < 1.29 is 18.9 Å². The zero-order valence-electron chi connectivity index (χ0n) is 13.6. The van der Waals surface area contributed by atoms with Crippen molar-refractivity contribution in [3.05, 3.63) is 80.5 Å². The fourth-order valence-corrected chi connectivity index (χ4v) is 2.32. The van der Waals surface area contributed by atoms with Crippen LogP contribution in [0.25, 0.3) is 11.3 Å². The van der Waals surface area contributed by atoms with E-state index in [9.17, 15) is 19.7 Å². The molecule has 0 aliphatic rings. The van der Waals surface area contributed by atoms with E-state index in [1.165, 1.54) is 37.4 Å². The second kappa shape index (κ2) is 7.01. The molecule has 0 bridgehead atoms. The van der Waals surface area contributed by atoms with Gasteiger partial charge in [0.2, 0.25) is 5.76 Å². The molecular formula is C17H13N3O6. The number of nitro benzene ring substituents is 1. The molecule has 2 aromatic heterocycles. The van der Waals surface area contributed by atoms with Gasteiger partial charge in [0.05, 0.1) is 17.7 Å². The summed E-state index contributed by atoms with van der Waals surface area (Å²) in [5.74, 6) is -0.261. The van der Waals surface area contributed by atoms with E-state index in [1.807, 2.05) is 0 Å². The molecular weight excluding hydrogens is 342 g/mol. The molecule has 0 radical (unpaired) electrons. The first-order valence-electron chi connectivity index (χ1n) is 7.48. The molecule has 0 fully saturated rings. The normalized spacial score (nSPS) is 10.5. The summed E-state index contributed by atoms with van der Waals surface area (Å²) in [6.45, 7) is -0.00139. The first-order valence-corrected chi connectivity index (χ1v) is 7.48. The van der Waals surface area contributed by atoms with Gasteiger partial charge in [-0.1, -0.05) is 12.1 Å². The fraction of sp³-hybridized carbons (Fsp3) is 0.118. The van der Waals surface area contributed by atoms with Gasteiger partial charge in [-0.05, 0) is 18.2 Å². The molecule has 132 valence electrons. The third kappa shape index (κ3) is 3.51. The van der Waals surface area contributed by atoms with E-state index in [1.54, 1.807) is 18.2 Å². The van der Waals surface area contributed by atoms with Gasteiger partial charge in [0.15, 0.2) is 0 Å². The molecule has 3 rings (SSSR count). The van der Waals surface area contributed by atoms with Crippen molar-refractivity contribution in [1.29, 1.82) is 0 Å². The highest BCUT2D eigenvalue weighted by atomic mass is 16.6. The van der Waals surface area contributed by atoms with Crippen molar-refractivity contribution >= 4 is 11.7 Å². The van der Waals surface area contributed by atoms with E-state index in [4.69, 9.17) is 4.42 Å². The van der Waals surface area contributed by atoms with E-state index < -0.39 is 10.9 Å². The Labute approximate surface area is 146 Å². The van der Waals surface area contributed by atoms with Crippen molar-refractivity contribution in [2.24, 2.45) is 0 Å². The number of carbonyl (C=O) groups is 1. The Morgan fingerprint density at radius 1 is 1.27 bits per heavy atom. The van der Waals surface area contributed by atoms with Crippen LogP contribution in [0.15, 0.2) is 57.7 Å².